The van der Waals surface area contributed by atoms with Crippen molar-refractivity contribution in [2.24, 2.45) is 11.8 Å². The zero-order valence-corrected chi connectivity index (χ0v) is 25.6. The van der Waals surface area contributed by atoms with E-state index in [-0.39, 0.29) is 37.3 Å². The fourth-order valence-corrected chi connectivity index (χ4v) is 7.89. The molecule has 1 aliphatic carbocycles. The molecule has 1 aromatic heterocycles. The number of hydrogen-bond donors (Lipinski definition) is 3. The molecule has 0 saturated carbocycles. The minimum Gasteiger partial charge on any atom is -0.502 e. The largest absolute Gasteiger partial charge is 0.502 e. The van der Waals surface area contributed by atoms with Gasteiger partial charge in [-0.2, -0.15) is 0 Å². The van der Waals surface area contributed by atoms with Crippen LogP contribution in [-0.2, 0) is 28.5 Å². The molecule has 0 unspecified atom stereocenters. The van der Waals surface area contributed by atoms with Gasteiger partial charge in [-0.1, -0.05) is 6.07 Å². The van der Waals surface area contributed by atoms with Crippen LogP contribution in [-0.4, -0.2) is 86.2 Å². The number of rotatable bonds is 6. The summed E-state index contributed by atoms with van der Waals surface area (Å²) in [5.41, 5.74) is 2.00. The van der Waals surface area contributed by atoms with E-state index in [9.17, 15) is 20.1 Å². The van der Waals surface area contributed by atoms with Crippen molar-refractivity contribution in [1.82, 2.24) is 0 Å². The quantitative estimate of drug-likeness (QED) is 0.333. The first-order chi connectivity index (χ1) is 22.4. The van der Waals surface area contributed by atoms with Crippen LogP contribution >= 0.6 is 11.3 Å². The molecule has 3 saturated heterocycles. The number of cyclic esters (lactones) is 1. The molecular weight excluding hydrogens is 624 g/mol. The fourth-order valence-electron chi connectivity index (χ4n) is 7.18. The van der Waals surface area contributed by atoms with Crippen LogP contribution in [0.25, 0.3) is 0 Å². The van der Waals surface area contributed by atoms with Crippen molar-refractivity contribution in [1.29, 1.82) is 0 Å². The first-order valence-corrected chi connectivity index (χ1v) is 15.8. The van der Waals surface area contributed by atoms with Crippen molar-refractivity contribution in [3.05, 3.63) is 63.3 Å². The maximum Gasteiger partial charge on any atom is 0.310 e. The minimum absolute atomic E-state index is 0.0242. The van der Waals surface area contributed by atoms with E-state index in [4.69, 9.17) is 42.6 Å². The predicted octanol–water partition coefficient (Wildman–Crippen LogP) is 2.75. The van der Waals surface area contributed by atoms with Gasteiger partial charge in [-0.05, 0) is 52.4 Å². The summed E-state index contributed by atoms with van der Waals surface area (Å²) < 4.78 is 52.6. The van der Waals surface area contributed by atoms with Crippen LogP contribution in [0.2, 0.25) is 0 Å². The van der Waals surface area contributed by atoms with Crippen LogP contribution in [0.4, 0.5) is 0 Å². The number of benzene rings is 2. The minimum atomic E-state index is -1.47. The maximum atomic E-state index is 13.5. The number of ether oxygens (including phenoxy) is 9. The predicted molar refractivity (Wildman–Crippen MR) is 156 cm³/mol. The highest BCUT2D eigenvalue weighted by atomic mass is 32.1. The van der Waals surface area contributed by atoms with Crippen molar-refractivity contribution in [3.63, 3.8) is 0 Å². The second kappa shape index (κ2) is 11.6. The van der Waals surface area contributed by atoms with E-state index in [0.29, 0.717) is 28.2 Å². The first-order valence-electron chi connectivity index (χ1n) is 14.9. The summed E-state index contributed by atoms with van der Waals surface area (Å²) in [5, 5.41) is 35.0. The van der Waals surface area contributed by atoms with E-state index in [0.717, 1.165) is 4.88 Å². The second-order valence-electron chi connectivity index (χ2n) is 11.8. The smallest absolute Gasteiger partial charge is 0.310 e. The van der Waals surface area contributed by atoms with Crippen molar-refractivity contribution >= 4 is 17.3 Å². The van der Waals surface area contributed by atoms with Gasteiger partial charge in [0.05, 0.1) is 44.3 Å². The Labute approximate surface area is 267 Å². The van der Waals surface area contributed by atoms with Crippen LogP contribution in [0.3, 0.4) is 0 Å². The van der Waals surface area contributed by atoms with E-state index in [1.807, 2.05) is 23.6 Å². The molecule has 5 aliphatic rings. The number of fused-ring (bicyclic) bond motifs is 4. The number of hydrogen-bond acceptors (Lipinski definition) is 14. The zero-order chi connectivity index (χ0) is 31.7. The molecule has 0 bridgehead atoms. The SMILES string of the molecule is COc1cc([C@@H]2c3cc4c(cc3[C@@H](O[C@H]3O[C@H]5CO[C@@H](c6cccs6)O[C@@H]5[C@@H](O)[C@@H]3O)[C@@H]3COC(=O)[C@@H]23)OCO4)cc(OC)c1O. The van der Waals surface area contributed by atoms with Crippen molar-refractivity contribution in [3.8, 4) is 28.7 Å². The maximum absolute atomic E-state index is 13.5. The number of aliphatic hydroxyl groups excluding tert-OH is 2. The Bertz CT molecular complexity index is 1600. The molecule has 13 nitrogen and oxygen atoms in total. The zero-order valence-electron chi connectivity index (χ0n) is 24.8. The Balaban J connectivity index is 1.16. The first kappa shape index (κ1) is 29.8. The molecular formula is C32H32O13S. The van der Waals surface area contributed by atoms with Gasteiger partial charge in [0.2, 0.25) is 12.5 Å². The highest BCUT2D eigenvalue weighted by Crippen LogP contribution is 2.57. The lowest BCUT2D eigenvalue weighted by atomic mass is 9.66. The molecule has 2 aromatic carbocycles. The highest BCUT2D eigenvalue weighted by Gasteiger charge is 2.56. The highest BCUT2D eigenvalue weighted by molar-refractivity contribution is 7.10. The number of aromatic hydroxyl groups is 1. The van der Waals surface area contributed by atoms with E-state index in [2.05, 4.69) is 0 Å². The van der Waals surface area contributed by atoms with E-state index < -0.39 is 66.8 Å². The summed E-state index contributed by atoms with van der Waals surface area (Å²) in [7, 11) is 2.86. The van der Waals surface area contributed by atoms with Crippen molar-refractivity contribution in [2.45, 2.75) is 49.0 Å². The average Bonchev–Trinajstić information content (AvgIpc) is 3.85. The lowest BCUT2D eigenvalue weighted by molar-refractivity contribution is -0.368. The molecule has 8 rings (SSSR count). The molecule has 5 heterocycles. The van der Waals surface area contributed by atoms with E-state index in [1.54, 1.807) is 18.2 Å². The van der Waals surface area contributed by atoms with Crippen LogP contribution in [0, 0.1) is 11.8 Å². The number of phenolic OH excluding ortho intramolecular Hbond substituents is 1. The van der Waals surface area contributed by atoms with Gasteiger partial charge in [-0.15, -0.1) is 11.3 Å². The number of aliphatic hydroxyl groups is 2. The molecule has 0 spiro atoms. The summed E-state index contributed by atoms with van der Waals surface area (Å²) in [6, 6.07) is 10.7. The Morgan fingerprint density at radius 3 is 2.35 bits per heavy atom. The summed E-state index contributed by atoms with van der Waals surface area (Å²) in [5.74, 6) is -1.08. The molecule has 3 fully saturated rings. The summed E-state index contributed by atoms with van der Waals surface area (Å²) in [6.45, 7) is 0.171. The molecule has 244 valence electrons. The fraction of sp³-hybridized carbons (Fsp3) is 0.469. The van der Waals surface area contributed by atoms with Gasteiger partial charge in [-0.3, -0.25) is 4.79 Å². The van der Waals surface area contributed by atoms with Gasteiger partial charge in [-0.25, -0.2) is 0 Å². The normalized spacial score (nSPS) is 34.3. The van der Waals surface area contributed by atoms with Crippen LogP contribution in [0.5, 0.6) is 28.7 Å². The van der Waals surface area contributed by atoms with Crippen LogP contribution < -0.4 is 18.9 Å². The van der Waals surface area contributed by atoms with Gasteiger partial charge in [0, 0.05) is 11.8 Å². The van der Waals surface area contributed by atoms with Gasteiger partial charge in [0.1, 0.15) is 24.4 Å². The van der Waals surface area contributed by atoms with E-state index in [1.165, 1.54) is 25.6 Å². The number of thiophene rings is 1. The van der Waals surface area contributed by atoms with E-state index >= 15 is 0 Å². The van der Waals surface area contributed by atoms with Crippen molar-refractivity contribution < 1.29 is 62.7 Å². The molecule has 3 N–H and O–H groups in total. The third-order valence-corrected chi connectivity index (χ3v) is 10.3. The van der Waals surface area contributed by atoms with Crippen LogP contribution in [0.1, 0.15) is 39.9 Å². The molecule has 10 atom stereocenters. The average molecular weight is 657 g/mol. The summed E-state index contributed by atoms with van der Waals surface area (Å²) >= 11 is 1.46. The van der Waals surface area contributed by atoms with Gasteiger partial charge in [0.25, 0.3) is 0 Å². The Kier molecular flexibility index (Phi) is 7.48. The molecule has 0 radical (unpaired) electrons. The second-order valence-corrected chi connectivity index (χ2v) is 12.7. The number of esters is 1. The Morgan fingerprint density at radius 1 is 0.913 bits per heavy atom. The van der Waals surface area contributed by atoms with Crippen LogP contribution in [0.15, 0.2) is 41.8 Å². The van der Waals surface area contributed by atoms with Gasteiger partial charge < -0.3 is 58.0 Å². The summed E-state index contributed by atoms with van der Waals surface area (Å²) in [6.07, 6.45) is -7.16. The number of methoxy groups -OCH3 is 2. The van der Waals surface area contributed by atoms with Gasteiger partial charge in [0.15, 0.2) is 35.6 Å². The third-order valence-electron chi connectivity index (χ3n) is 9.37. The third kappa shape index (κ3) is 4.70. The van der Waals surface area contributed by atoms with Gasteiger partial charge >= 0.3 is 5.97 Å². The molecule has 0 amide bonds. The number of carbonyl (C=O) groups excluding carboxylic acids is 1. The number of carbonyl (C=O) groups is 1. The topological polar surface area (TPSA) is 161 Å². The summed E-state index contributed by atoms with van der Waals surface area (Å²) in [4.78, 5) is 14.3. The Hall–Kier alpha value is -3.63. The molecule has 4 aliphatic heterocycles. The standard InChI is InChI=1S/C32H32O13S/c1-37-19-6-13(7-20(38-2)25(19)33)23-14-8-17-18(42-12-41-17)9-15(14)28(16-10-39-30(36)24(16)23)44-32-27(35)26(34)29-21(43-32)11-40-31(45-29)22-4-3-5-46-22/h3-9,16,21,23-24,26-29,31-35H,10-12H2,1-2H3/t16-,21+,23-,24-,26+,27+,28-,29+,31-,32-/m1/s1. The monoisotopic (exact) mass is 656 g/mol. The lowest BCUT2D eigenvalue weighted by Crippen LogP contribution is -2.62. The molecule has 14 heteroatoms. The number of phenols is 1. The lowest BCUT2D eigenvalue weighted by Gasteiger charge is -2.48. The molecule has 3 aromatic rings. The van der Waals surface area contributed by atoms with Crippen molar-refractivity contribution in [2.75, 3.05) is 34.2 Å². The Morgan fingerprint density at radius 2 is 1.65 bits per heavy atom. The molecule has 46 heavy (non-hydrogen) atoms.